The summed E-state index contributed by atoms with van der Waals surface area (Å²) in [5, 5.41) is 4.92. The Hall–Kier alpha value is -6.71. The van der Waals surface area contributed by atoms with Crippen LogP contribution in [0.25, 0.3) is 94.1 Å². The summed E-state index contributed by atoms with van der Waals surface area (Å²) in [5.74, 6) is 0. The lowest BCUT2D eigenvalue weighted by Crippen LogP contribution is -1.99. The third-order valence-corrected chi connectivity index (χ3v) is 9.95. The molecular weight excluding hydrogens is 607 g/mol. The van der Waals surface area contributed by atoms with Crippen LogP contribution in [0.4, 0.5) is 0 Å². The van der Waals surface area contributed by atoms with Gasteiger partial charge in [0.2, 0.25) is 0 Å². The van der Waals surface area contributed by atoms with E-state index in [1.54, 1.807) is 0 Å². The molecule has 50 heavy (non-hydrogen) atoms. The number of nitrogens with one attached hydrogen (secondary N) is 1. The Labute approximate surface area is 289 Å². The van der Waals surface area contributed by atoms with Crippen LogP contribution in [0.2, 0.25) is 0 Å². The third kappa shape index (κ3) is 4.48. The average molecular weight is 638 g/mol. The minimum Gasteiger partial charge on any atom is -0.353 e. The summed E-state index contributed by atoms with van der Waals surface area (Å²) in [5.41, 5.74) is 14.4. The zero-order chi connectivity index (χ0) is 33.0. The fourth-order valence-corrected chi connectivity index (χ4v) is 7.69. The van der Waals surface area contributed by atoms with Crippen molar-refractivity contribution >= 4 is 43.6 Å². The average Bonchev–Trinajstić information content (AvgIpc) is 3.74. The number of aromatic nitrogens is 3. The number of para-hydroxylation sites is 3. The molecule has 1 N–H and O–H groups in total. The van der Waals surface area contributed by atoms with E-state index >= 15 is 0 Å². The van der Waals surface area contributed by atoms with Crippen molar-refractivity contribution in [2.75, 3.05) is 0 Å². The Morgan fingerprint density at radius 2 is 1.00 bits per heavy atom. The van der Waals surface area contributed by atoms with E-state index in [0.717, 1.165) is 55.9 Å². The zero-order valence-electron chi connectivity index (χ0n) is 27.2. The molecule has 10 rings (SSSR count). The maximum Gasteiger partial charge on any atom is 0.0783 e. The van der Waals surface area contributed by atoms with Crippen molar-refractivity contribution in [1.82, 2.24) is 14.5 Å². The molecule has 0 atom stereocenters. The molecule has 3 heterocycles. The fourth-order valence-electron chi connectivity index (χ4n) is 7.69. The normalized spacial score (nSPS) is 11.6. The Bertz CT molecular complexity index is 2860. The lowest BCUT2D eigenvalue weighted by molar-refractivity contribution is 1.18. The molecule has 0 radical (unpaired) electrons. The van der Waals surface area contributed by atoms with Crippen molar-refractivity contribution < 1.29 is 0 Å². The Morgan fingerprint density at radius 3 is 1.82 bits per heavy atom. The van der Waals surface area contributed by atoms with Gasteiger partial charge in [0.1, 0.15) is 0 Å². The van der Waals surface area contributed by atoms with E-state index in [9.17, 15) is 0 Å². The molecular formula is C47H31N3. The second-order valence-corrected chi connectivity index (χ2v) is 12.8. The van der Waals surface area contributed by atoms with Gasteiger partial charge >= 0.3 is 0 Å². The van der Waals surface area contributed by atoms with E-state index in [4.69, 9.17) is 4.98 Å². The van der Waals surface area contributed by atoms with E-state index < -0.39 is 0 Å². The van der Waals surface area contributed by atoms with Gasteiger partial charge in [-0.15, -0.1) is 0 Å². The first-order chi connectivity index (χ1) is 24.8. The SMILES string of the molecule is c1ccc(-c2cc(-c3ccccc3-n3c4ccccc4c4ccc5c6ccccc6[nH]c5c43)cc(-c3ccccc3-c3ccccc3)n2)cc1. The van der Waals surface area contributed by atoms with E-state index in [-0.39, 0.29) is 0 Å². The largest absolute Gasteiger partial charge is 0.353 e. The van der Waals surface area contributed by atoms with Crippen LogP contribution in [0.5, 0.6) is 0 Å². The molecule has 0 unspecified atom stereocenters. The quantitative estimate of drug-likeness (QED) is 0.200. The third-order valence-electron chi connectivity index (χ3n) is 9.95. The smallest absolute Gasteiger partial charge is 0.0783 e. The predicted octanol–water partition coefficient (Wildman–Crippen LogP) is 12.5. The second-order valence-electron chi connectivity index (χ2n) is 12.8. The summed E-state index contributed by atoms with van der Waals surface area (Å²) >= 11 is 0. The van der Waals surface area contributed by atoms with Crippen molar-refractivity contribution in [3.05, 3.63) is 182 Å². The van der Waals surface area contributed by atoms with Gasteiger partial charge in [-0.05, 0) is 47.0 Å². The maximum absolute atomic E-state index is 5.33. The van der Waals surface area contributed by atoms with Gasteiger partial charge < -0.3 is 9.55 Å². The van der Waals surface area contributed by atoms with Crippen LogP contribution in [0.1, 0.15) is 0 Å². The molecule has 3 nitrogen and oxygen atoms in total. The molecule has 0 aliphatic rings. The topological polar surface area (TPSA) is 33.6 Å². The van der Waals surface area contributed by atoms with Crippen molar-refractivity contribution in [3.8, 4) is 50.5 Å². The van der Waals surface area contributed by atoms with Crippen LogP contribution < -0.4 is 0 Å². The van der Waals surface area contributed by atoms with E-state index in [1.807, 2.05) is 0 Å². The minimum atomic E-state index is 0.941. The molecule has 234 valence electrons. The van der Waals surface area contributed by atoms with Crippen LogP contribution in [0.3, 0.4) is 0 Å². The number of nitrogens with zero attached hydrogens (tertiary/aromatic N) is 2. The number of fused-ring (bicyclic) bond motifs is 7. The first-order valence-corrected chi connectivity index (χ1v) is 17.1. The molecule has 0 bridgehead atoms. The lowest BCUT2D eigenvalue weighted by Gasteiger charge is -2.17. The molecule has 3 heteroatoms. The Balaban J connectivity index is 1.27. The Morgan fingerprint density at radius 1 is 0.400 bits per heavy atom. The number of rotatable bonds is 5. The molecule has 0 amide bonds. The number of hydrogen-bond acceptors (Lipinski definition) is 1. The van der Waals surface area contributed by atoms with Gasteiger partial charge in [0.05, 0.1) is 33.6 Å². The molecule has 0 saturated carbocycles. The highest BCUT2D eigenvalue weighted by Crippen LogP contribution is 2.42. The summed E-state index contributed by atoms with van der Waals surface area (Å²) in [6.45, 7) is 0. The van der Waals surface area contributed by atoms with Gasteiger partial charge in [0.25, 0.3) is 0 Å². The fraction of sp³-hybridized carbons (Fsp3) is 0. The Kier molecular flexibility index (Phi) is 6.49. The summed E-state index contributed by atoms with van der Waals surface area (Å²) in [4.78, 5) is 9.13. The molecule has 0 saturated heterocycles. The number of pyridine rings is 1. The highest BCUT2D eigenvalue weighted by molar-refractivity contribution is 6.23. The van der Waals surface area contributed by atoms with Crippen LogP contribution >= 0.6 is 0 Å². The first kappa shape index (κ1) is 28.3. The predicted molar refractivity (Wildman–Crippen MR) is 210 cm³/mol. The first-order valence-electron chi connectivity index (χ1n) is 17.1. The molecule has 0 aliphatic carbocycles. The van der Waals surface area contributed by atoms with Crippen LogP contribution in [-0.2, 0) is 0 Å². The van der Waals surface area contributed by atoms with E-state index in [2.05, 4.69) is 192 Å². The molecule has 7 aromatic carbocycles. The minimum absolute atomic E-state index is 0.941. The number of H-pyrrole nitrogens is 1. The van der Waals surface area contributed by atoms with E-state index in [0.29, 0.717) is 0 Å². The van der Waals surface area contributed by atoms with Gasteiger partial charge in [-0.1, -0.05) is 152 Å². The zero-order valence-corrected chi connectivity index (χ0v) is 27.2. The van der Waals surface area contributed by atoms with E-state index in [1.165, 1.54) is 38.1 Å². The number of benzene rings is 7. The maximum atomic E-state index is 5.33. The highest BCUT2D eigenvalue weighted by Gasteiger charge is 2.20. The van der Waals surface area contributed by atoms with Crippen molar-refractivity contribution in [1.29, 1.82) is 0 Å². The van der Waals surface area contributed by atoms with Crippen molar-refractivity contribution in [3.63, 3.8) is 0 Å². The van der Waals surface area contributed by atoms with Gasteiger partial charge in [0, 0.05) is 43.8 Å². The summed E-state index contributed by atoms with van der Waals surface area (Å²) in [7, 11) is 0. The summed E-state index contributed by atoms with van der Waals surface area (Å²) in [6, 6.07) is 64.9. The van der Waals surface area contributed by atoms with Crippen molar-refractivity contribution in [2.45, 2.75) is 0 Å². The molecule has 0 spiro atoms. The second kappa shape index (κ2) is 11.5. The van der Waals surface area contributed by atoms with Gasteiger partial charge in [-0.3, -0.25) is 0 Å². The van der Waals surface area contributed by atoms with Crippen LogP contribution in [0.15, 0.2) is 182 Å². The van der Waals surface area contributed by atoms with Gasteiger partial charge in [0.15, 0.2) is 0 Å². The van der Waals surface area contributed by atoms with Gasteiger partial charge in [-0.2, -0.15) is 0 Å². The summed E-state index contributed by atoms with van der Waals surface area (Å²) < 4.78 is 2.46. The number of aromatic amines is 1. The lowest BCUT2D eigenvalue weighted by atomic mass is 9.94. The van der Waals surface area contributed by atoms with Crippen LogP contribution in [-0.4, -0.2) is 14.5 Å². The molecule has 0 aliphatic heterocycles. The molecule has 3 aromatic heterocycles. The van der Waals surface area contributed by atoms with Crippen LogP contribution in [0, 0.1) is 0 Å². The van der Waals surface area contributed by atoms with Gasteiger partial charge in [-0.25, -0.2) is 4.98 Å². The molecule has 10 aromatic rings. The molecule has 0 fully saturated rings. The highest BCUT2D eigenvalue weighted by atomic mass is 15.0. The summed E-state index contributed by atoms with van der Waals surface area (Å²) in [6.07, 6.45) is 0. The standard InChI is InChI=1S/C47H31N3/c1-3-15-31(16-4-1)34-19-7-8-21-36(34)43-30-33(29-42(48-43)32-17-5-2-6-18-32)35-20-10-13-25-44(35)50-45-26-14-11-23-38(45)40-28-27-39-37-22-9-12-24-41(37)49-46(39)47(40)50/h1-30,49H. The monoisotopic (exact) mass is 637 g/mol. The van der Waals surface area contributed by atoms with Crippen molar-refractivity contribution in [2.24, 2.45) is 0 Å². The number of hydrogen-bond donors (Lipinski definition) is 1.